The summed E-state index contributed by atoms with van der Waals surface area (Å²) in [4.78, 5) is 12.0. The fraction of sp³-hybridized carbons (Fsp3) is 0.406. The lowest BCUT2D eigenvalue weighted by atomic mass is 9.86. The van der Waals surface area contributed by atoms with E-state index < -0.39 is 5.91 Å². The Bertz CT molecular complexity index is 1180. The van der Waals surface area contributed by atoms with E-state index >= 15 is 0 Å². The molecule has 5 nitrogen and oxygen atoms in total. The highest BCUT2D eigenvalue weighted by Gasteiger charge is 2.27. The van der Waals surface area contributed by atoms with Crippen molar-refractivity contribution in [2.45, 2.75) is 70.3 Å². The van der Waals surface area contributed by atoms with Gasteiger partial charge >= 0.3 is 0 Å². The highest BCUT2D eigenvalue weighted by Crippen LogP contribution is 2.45. The first-order valence-electron chi connectivity index (χ1n) is 13.8. The van der Waals surface area contributed by atoms with Gasteiger partial charge in [-0.3, -0.25) is 4.79 Å². The van der Waals surface area contributed by atoms with Gasteiger partial charge in [0.25, 0.3) is 0 Å². The minimum Gasteiger partial charge on any atom is -0.493 e. The highest BCUT2D eigenvalue weighted by molar-refractivity contribution is 5.94. The zero-order valence-corrected chi connectivity index (χ0v) is 21.6. The van der Waals surface area contributed by atoms with E-state index in [1.807, 2.05) is 30.3 Å². The van der Waals surface area contributed by atoms with Crippen molar-refractivity contribution in [3.05, 3.63) is 83.4 Å². The Balaban J connectivity index is 1.25. The van der Waals surface area contributed by atoms with Crippen LogP contribution in [0.15, 0.2) is 66.7 Å². The van der Waals surface area contributed by atoms with E-state index in [0.29, 0.717) is 30.4 Å². The van der Waals surface area contributed by atoms with Crippen LogP contribution in [0.3, 0.4) is 0 Å². The minimum atomic E-state index is -0.456. The number of ether oxygens (including phenoxy) is 2. The van der Waals surface area contributed by atoms with Crippen LogP contribution in [0.4, 0.5) is 11.4 Å². The molecule has 3 aromatic rings. The second-order valence-corrected chi connectivity index (χ2v) is 10.5. The summed E-state index contributed by atoms with van der Waals surface area (Å²) in [6.07, 6.45) is 11.4. The molecule has 0 atom stereocenters. The summed E-state index contributed by atoms with van der Waals surface area (Å²) in [5.74, 6) is 2.45. The molecule has 0 spiro atoms. The summed E-state index contributed by atoms with van der Waals surface area (Å²) < 4.78 is 12.2. The number of rotatable bonds is 12. The molecule has 37 heavy (non-hydrogen) atoms. The monoisotopic (exact) mass is 498 g/mol. The van der Waals surface area contributed by atoms with Gasteiger partial charge in [-0.1, -0.05) is 62.4 Å². The van der Waals surface area contributed by atoms with Crippen LogP contribution in [-0.2, 0) is 6.61 Å². The topological polar surface area (TPSA) is 73.6 Å². The van der Waals surface area contributed by atoms with Crippen LogP contribution in [0, 0.1) is 5.92 Å². The average molecular weight is 499 g/mol. The van der Waals surface area contributed by atoms with Crippen LogP contribution in [0.25, 0.3) is 0 Å². The SMILES string of the molecule is NC(=O)c1cc(Nc2ccc(OCc3ccccc3)cc2C2CC2)cc(OCCCC2CCCCC2)c1. The van der Waals surface area contributed by atoms with Crippen molar-refractivity contribution >= 4 is 17.3 Å². The maximum Gasteiger partial charge on any atom is 0.248 e. The van der Waals surface area contributed by atoms with Gasteiger partial charge in [0.15, 0.2) is 0 Å². The molecular weight excluding hydrogens is 460 g/mol. The second-order valence-electron chi connectivity index (χ2n) is 10.5. The number of anilines is 2. The molecule has 3 N–H and O–H groups in total. The summed E-state index contributed by atoms with van der Waals surface area (Å²) in [6.45, 7) is 1.19. The third-order valence-electron chi connectivity index (χ3n) is 7.51. The van der Waals surface area contributed by atoms with Crippen molar-refractivity contribution < 1.29 is 14.3 Å². The number of carbonyl (C=O) groups excluding carboxylic acids is 1. The number of hydrogen-bond acceptors (Lipinski definition) is 4. The summed E-state index contributed by atoms with van der Waals surface area (Å²) in [7, 11) is 0. The molecule has 5 rings (SSSR count). The zero-order valence-electron chi connectivity index (χ0n) is 21.6. The molecule has 0 radical (unpaired) electrons. The third kappa shape index (κ3) is 7.28. The first-order chi connectivity index (χ1) is 18.1. The lowest BCUT2D eigenvalue weighted by Crippen LogP contribution is -2.12. The Morgan fingerprint density at radius 3 is 2.43 bits per heavy atom. The lowest BCUT2D eigenvalue weighted by Gasteiger charge is -2.21. The van der Waals surface area contributed by atoms with Gasteiger partial charge in [-0.2, -0.15) is 0 Å². The summed E-state index contributed by atoms with van der Waals surface area (Å²) >= 11 is 0. The molecule has 0 heterocycles. The van der Waals surface area contributed by atoms with E-state index in [1.165, 1.54) is 56.9 Å². The van der Waals surface area contributed by atoms with E-state index in [0.717, 1.165) is 35.0 Å². The first kappa shape index (κ1) is 25.2. The minimum absolute atomic E-state index is 0.447. The fourth-order valence-electron chi connectivity index (χ4n) is 5.31. The Kier molecular flexibility index (Phi) is 8.29. The zero-order chi connectivity index (χ0) is 25.5. The average Bonchev–Trinajstić information content (AvgIpc) is 3.77. The number of benzene rings is 3. The number of primary amides is 1. The van der Waals surface area contributed by atoms with Gasteiger partial charge in [-0.15, -0.1) is 0 Å². The molecule has 2 aliphatic rings. The Morgan fingerprint density at radius 1 is 0.865 bits per heavy atom. The molecule has 0 bridgehead atoms. The molecule has 2 fully saturated rings. The molecular formula is C32H38N2O3. The Hall–Kier alpha value is -3.47. The first-order valence-corrected chi connectivity index (χ1v) is 13.8. The molecule has 1 amide bonds. The van der Waals surface area contributed by atoms with E-state index in [1.54, 1.807) is 12.1 Å². The van der Waals surface area contributed by atoms with Crippen LogP contribution in [0.1, 0.15) is 85.2 Å². The molecule has 5 heteroatoms. The standard InChI is InChI=1S/C32H38N2O3/c33-32(35)26-18-27(20-29(19-26)36-17-7-12-23-8-3-1-4-9-23)34-31-16-15-28(21-30(31)25-13-14-25)37-22-24-10-5-2-6-11-24/h2,5-6,10-11,15-16,18-21,23,25,34H,1,3-4,7-9,12-14,17,22H2,(H2,33,35). The van der Waals surface area contributed by atoms with Gasteiger partial charge in [0.05, 0.1) is 6.61 Å². The molecule has 2 saturated carbocycles. The van der Waals surface area contributed by atoms with E-state index in [4.69, 9.17) is 15.2 Å². The number of amides is 1. The van der Waals surface area contributed by atoms with Crippen molar-refractivity contribution in [2.75, 3.05) is 11.9 Å². The predicted molar refractivity (Wildman–Crippen MR) is 149 cm³/mol. The third-order valence-corrected chi connectivity index (χ3v) is 7.51. The molecule has 0 aliphatic heterocycles. The van der Waals surface area contributed by atoms with E-state index in [9.17, 15) is 4.79 Å². The van der Waals surface area contributed by atoms with E-state index in [-0.39, 0.29) is 0 Å². The summed E-state index contributed by atoms with van der Waals surface area (Å²) in [5, 5.41) is 3.53. The molecule has 3 aromatic carbocycles. The largest absolute Gasteiger partial charge is 0.493 e. The van der Waals surface area contributed by atoms with Crippen molar-refractivity contribution in [3.8, 4) is 11.5 Å². The number of hydrogen-bond donors (Lipinski definition) is 2. The number of nitrogens with two attached hydrogens (primary N) is 1. The smallest absolute Gasteiger partial charge is 0.248 e. The van der Waals surface area contributed by atoms with Gasteiger partial charge < -0.3 is 20.5 Å². The quantitative estimate of drug-likeness (QED) is 0.251. The van der Waals surface area contributed by atoms with Crippen molar-refractivity contribution in [3.63, 3.8) is 0 Å². The van der Waals surface area contributed by atoms with E-state index in [2.05, 4.69) is 29.6 Å². The Morgan fingerprint density at radius 2 is 1.68 bits per heavy atom. The van der Waals surface area contributed by atoms with Gasteiger partial charge in [0.1, 0.15) is 18.1 Å². The number of nitrogens with one attached hydrogen (secondary N) is 1. The maximum atomic E-state index is 12.0. The molecule has 0 aromatic heterocycles. The van der Waals surface area contributed by atoms with Crippen LogP contribution in [0.2, 0.25) is 0 Å². The maximum absolute atomic E-state index is 12.0. The molecule has 2 aliphatic carbocycles. The molecule has 0 saturated heterocycles. The predicted octanol–water partition coefficient (Wildman–Crippen LogP) is 7.72. The number of carbonyl (C=O) groups is 1. The molecule has 0 unspecified atom stereocenters. The normalized spacial score (nSPS) is 15.8. The molecule has 194 valence electrons. The Labute approximate surface area is 220 Å². The van der Waals surface area contributed by atoms with Crippen LogP contribution < -0.4 is 20.5 Å². The van der Waals surface area contributed by atoms with Gasteiger partial charge in [0.2, 0.25) is 5.91 Å². The fourth-order valence-corrected chi connectivity index (χ4v) is 5.31. The van der Waals surface area contributed by atoms with Crippen LogP contribution in [-0.4, -0.2) is 12.5 Å². The van der Waals surface area contributed by atoms with Crippen molar-refractivity contribution in [1.82, 2.24) is 0 Å². The second kappa shape index (κ2) is 12.2. The van der Waals surface area contributed by atoms with Gasteiger partial charge in [-0.05, 0) is 79.0 Å². The van der Waals surface area contributed by atoms with Crippen LogP contribution >= 0.6 is 0 Å². The van der Waals surface area contributed by atoms with Crippen molar-refractivity contribution in [2.24, 2.45) is 11.7 Å². The highest BCUT2D eigenvalue weighted by atomic mass is 16.5. The van der Waals surface area contributed by atoms with Crippen LogP contribution in [0.5, 0.6) is 11.5 Å². The lowest BCUT2D eigenvalue weighted by molar-refractivity contribution is 0.1000. The van der Waals surface area contributed by atoms with Gasteiger partial charge in [0, 0.05) is 23.0 Å². The summed E-state index contributed by atoms with van der Waals surface area (Å²) in [5.41, 5.74) is 10.3. The van der Waals surface area contributed by atoms with Gasteiger partial charge in [-0.25, -0.2) is 0 Å². The van der Waals surface area contributed by atoms with Crippen molar-refractivity contribution in [1.29, 1.82) is 0 Å². The summed E-state index contributed by atoms with van der Waals surface area (Å²) in [6, 6.07) is 21.9.